The zero-order valence-corrected chi connectivity index (χ0v) is 12.6. The molecule has 0 heterocycles. The standard InChI is InChI=1S/C16H18BrNO/c1-2-19-16-10-6-4-8-13(16)15(18)11-12-7-3-5-9-14(12)17/h3-10,15H,2,11,18H2,1H3. The van der Waals surface area contributed by atoms with Gasteiger partial charge >= 0.3 is 0 Å². The van der Waals surface area contributed by atoms with E-state index >= 15 is 0 Å². The van der Waals surface area contributed by atoms with Crippen LogP contribution >= 0.6 is 15.9 Å². The molecule has 2 rings (SSSR count). The maximum Gasteiger partial charge on any atom is 0.124 e. The van der Waals surface area contributed by atoms with Crippen LogP contribution in [0.5, 0.6) is 5.75 Å². The minimum atomic E-state index is -0.0681. The van der Waals surface area contributed by atoms with Gasteiger partial charge in [-0.2, -0.15) is 0 Å². The van der Waals surface area contributed by atoms with Crippen molar-refractivity contribution in [1.82, 2.24) is 0 Å². The summed E-state index contributed by atoms with van der Waals surface area (Å²) >= 11 is 3.56. The van der Waals surface area contributed by atoms with Crippen molar-refractivity contribution >= 4 is 15.9 Å². The Labute approximate surface area is 122 Å². The fourth-order valence-corrected chi connectivity index (χ4v) is 2.53. The number of hydrogen-bond donors (Lipinski definition) is 1. The summed E-state index contributed by atoms with van der Waals surface area (Å²) in [6.45, 7) is 2.63. The van der Waals surface area contributed by atoms with Gasteiger partial charge in [0.05, 0.1) is 6.61 Å². The quantitative estimate of drug-likeness (QED) is 0.900. The number of ether oxygens (including phenoxy) is 1. The van der Waals surface area contributed by atoms with Crippen molar-refractivity contribution < 1.29 is 4.74 Å². The van der Waals surface area contributed by atoms with Gasteiger partial charge in [-0.05, 0) is 31.0 Å². The van der Waals surface area contributed by atoms with E-state index in [1.165, 1.54) is 5.56 Å². The van der Waals surface area contributed by atoms with Crippen LogP contribution in [0.2, 0.25) is 0 Å². The first-order valence-corrected chi connectivity index (χ1v) is 7.22. The molecule has 2 aromatic rings. The highest BCUT2D eigenvalue weighted by Crippen LogP contribution is 2.28. The van der Waals surface area contributed by atoms with Crippen molar-refractivity contribution in [3.8, 4) is 5.75 Å². The predicted octanol–water partition coefficient (Wildman–Crippen LogP) is 4.09. The molecular weight excluding hydrogens is 302 g/mol. The molecule has 0 saturated carbocycles. The molecule has 0 aliphatic carbocycles. The van der Waals surface area contributed by atoms with Crippen LogP contribution in [0.15, 0.2) is 53.0 Å². The van der Waals surface area contributed by atoms with E-state index in [1.54, 1.807) is 0 Å². The summed E-state index contributed by atoms with van der Waals surface area (Å²) in [5.41, 5.74) is 8.59. The summed E-state index contributed by atoms with van der Waals surface area (Å²) in [7, 11) is 0. The molecule has 2 aromatic carbocycles. The van der Waals surface area contributed by atoms with Crippen LogP contribution in [0.1, 0.15) is 24.1 Å². The van der Waals surface area contributed by atoms with Crippen LogP contribution in [-0.2, 0) is 6.42 Å². The van der Waals surface area contributed by atoms with E-state index < -0.39 is 0 Å². The van der Waals surface area contributed by atoms with Gasteiger partial charge in [-0.25, -0.2) is 0 Å². The highest BCUT2D eigenvalue weighted by molar-refractivity contribution is 9.10. The smallest absolute Gasteiger partial charge is 0.124 e. The van der Waals surface area contributed by atoms with Gasteiger partial charge in [-0.3, -0.25) is 0 Å². The van der Waals surface area contributed by atoms with Gasteiger partial charge < -0.3 is 10.5 Å². The molecule has 0 amide bonds. The Kier molecular flexibility index (Phi) is 5.00. The van der Waals surface area contributed by atoms with Gasteiger partial charge in [0.1, 0.15) is 5.75 Å². The fourth-order valence-electron chi connectivity index (χ4n) is 2.08. The van der Waals surface area contributed by atoms with E-state index in [4.69, 9.17) is 10.5 Å². The average molecular weight is 320 g/mol. The third-order valence-electron chi connectivity index (χ3n) is 3.02. The van der Waals surface area contributed by atoms with Gasteiger partial charge in [0.2, 0.25) is 0 Å². The third kappa shape index (κ3) is 3.58. The second-order valence-electron chi connectivity index (χ2n) is 4.37. The highest BCUT2D eigenvalue weighted by Gasteiger charge is 2.13. The van der Waals surface area contributed by atoms with Crippen molar-refractivity contribution in [2.45, 2.75) is 19.4 Å². The number of rotatable bonds is 5. The number of hydrogen-bond acceptors (Lipinski definition) is 2. The molecule has 100 valence electrons. The Bertz CT molecular complexity index is 542. The Balaban J connectivity index is 2.20. The predicted molar refractivity (Wildman–Crippen MR) is 82.4 cm³/mol. The zero-order chi connectivity index (χ0) is 13.7. The Morgan fingerprint density at radius 1 is 1.11 bits per heavy atom. The molecule has 0 aliphatic rings. The molecule has 2 N–H and O–H groups in total. The van der Waals surface area contributed by atoms with Crippen LogP contribution in [0.3, 0.4) is 0 Å². The summed E-state index contributed by atoms with van der Waals surface area (Å²) in [5, 5.41) is 0. The third-order valence-corrected chi connectivity index (χ3v) is 3.79. The van der Waals surface area contributed by atoms with Crippen molar-refractivity contribution in [3.05, 3.63) is 64.1 Å². The first-order chi connectivity index (χ1) is 9.22. The molecule has 0 aliphatic heterocycles. The lowest BCUT2D eigenvalue weighted by Crippen LogP contribution is -2.15. The lowest BCUT2D eigenvalue weighted by atomic mass is 9.99. The summed E-state index contributed by atoms with van der Waals surface area (Å²) in [4.78, 5) is 0. The molecule has 0 fully saturated rings. The van der Waals surface area contributed by atoms with Crippen molar-refractivity contribution in [2.75, 3.05) is 6.61 Å². The largest absolute Gasteiger partial charge is 0.494 e. The maximum atomic E-state index is 6.33. The molecule has 1 atom stereocenters. The van der Waals surface area contributed by atoms with Crippen LogP contribution in [0.4, 0.5) is 0 Å². The van der Waals surface area contributed by atoms with Gasteiger partial charge in [0.25, 0.3) is 0 Å². The molecular formula is C16H18BrNO. The summed E-state index contributed by atoms with van der Waals surface area (Å²) in [6.07, 6.45) is 0.783. The number of halogens is 1. The van der Waals surface area contributed by atoms with Gasteiger partial charge in [0, 0.05) is 16.1 Å². The monoisotopic (exact) mass is 319 g/mol. The van der Waals surface area contributed by atoms with Crippen LogP contribution in [0, 0.1) is 0 Å². The maximum absolute atomic E-state index is 6.33. The van der Waals surface area contributed by atoms with Gasteiger partial charge in [-0.15, -0.1) is 0 Å². The van der Waals surface area contributed by atoms with Crippen molar-refractivity contribution in [1.29, 1.82) is 0 Å². The van der Waals surface area contributed by atoms with Crippen LogP contribution in [0.25, 0.3) is 0 Å². The molecule has 0 spiro atoms. The lowest BCUT2D eigenvalue weighted by molar-refractivity contribution is 0.334. The molecule has 0 bridgehead atoms. The molecule has 0 aromatic heterocycles. The lowest BCUT2D eigenvalue weighted by Gasteiger charge is -2.17. The van der Waals surface area contributed by atoms with Crippen molar-refractivity contribution in [2.24, 2.45) is 5.73 Å². The molecule has 3 heteroatoms. The van der Waals surface area contributed by atoms with Crippen LogP contribution in [-0.4, -0.2) is 6.61 Å². The minimum absolute atomic E-state index is 0.0681. The SMILES string of the molecule is CCOc1ccccc1C(N)Cc1ccccc1Br. The second kappa shape index (κ2) is 6.73. The number of para-hydroxylation sites is 1. The topological polar surface area (TPSA) is 35.2 Å². The molecule has 0 saturated heterocycles. The average Bonchev–Trinajstić information content (AvgIpc) is 2.42. The second-order valence-corrected chi connectivity index (χ2v) is 5.23. The zero-order valence-electron chi connectivity index (χ0n) is 11.0. The van der Waals surface area contributed by atoms with E-state index in [0.29, 0.717) is 6.61 Å². The van der Waals surface area contributed by atoms with Crippen LogP contribution < -0.4 is 10.5 Å². The molecule has 0 radical (unpaired) electrons. The molecule has 2 nitrogen and oxygen atoms in total. The Morgan fingerprint density at radius 3 is 2.53 bits per heavy atom. The van der Waals surface area contributed by atoms with E-state index in [-0.39, 0.29) is 6.04 Å². The summed E-state index contributed by atoms with van der Waals surface area (Å²) in [5.74, 6) is 0.879. The normalized spacial score (nSPS) is 12.2. The summed E-state index contributed by atoms with van der Waals surface area (Å²) < 4.78 is 6.73. The van der Waals surface area contributed by atoms with E-state index in [0.717, 1.165) is 22.2 Å². The van der Waals surface area contributed by atoms with Gasteiger partial charge in [-0.1, -0.05) is 52.3 Å². The number of benzene rings is 2. The fraction of sp³-hybridized carbons (Fsp3) is 0.250. The van der Waals surface area contributed by atoms with E-state index in [1.807, 2.05) is 49.4 Å². The molecule has 1 unspecified atom stereocenters. The molecule has 19 heavy (non-hydrogen) atoms. The number of nitrogens with two attached hydrogens (primary N) is 1. The Hall–Kier alpha value is -1.32. The van der Waals surface area contributed by atoms with Gasteiger partial charge in [0.15, 0.2) is 0 Å². The first-order valence-electron chi connectivity index (χ1n) is 6.43. The highest BCUT2D eigenvalue weighted by atomic mass is 79.9. The van der Waals surface area contributed by atoms with Crippen molar-refractivity contribution in [3.63, 3.8) is 0 Å². The summed E-state index contributed by atoms with van der Waals surface area (Å²) in [6, 6.07) is 16.1. The van der Waals surface area contributed by atoms with E-state index in [2.05, 4.69) is 22.0 Å². The minimum Gasteiger partial charge on any atom is -0.494 e. The Morgan fingerprint density at radius 2 is 1.79 bits per heavy atom. The van der Waals surface area contributed by atoms with E-state index in [9.17, 15) is 0 Å². The first kappa shape index (κ1) is 14.1.